The number of hydrogen-bond acceptors (Lipinski definition) is 6. The highest BCUT2D eigenvalue weighted by molar-refractivity contribution is 6.09. The van der Waals surface area contributed by atoms with E-state index in [0.717, 1.165) is 0 Å². The summed E-state index contributed by atoms with van der Waals surface area (Å²) in [5.74, 6) is 1.34. The van der Waals surface area contributed by atoms with Crippen molar-refractivity contribution in [1.29, 1.82) is 0 Å². The molecule has 7 heteroatoms. The Morgan fingerprint density at radius 1 is 0.879 bits per heavy atom. The predicted octanol–water partition coefficient (Wildman–Crippen LogP) is 4.86. The maximum absolute atomic E-state index is 13.0. The van der Waals surface area contributed by atoms with Crippen molar-refractivity contribution in [2.75, 3.05) is 6.61 Å². The Hall–Kier alpha value is -4.39. The lowest BCUT2D eigenvalue weighted by Crippen LogP contribution is -2.31. The molecule has 1 atom stereocenters. The number of hydrogen-bond donors (Lipinski definition) is 0. The van der Waals surface area contributed by atoms with Crippen LogP contribution >= 0.6 is 0 Å². The molecule has 1 amide bonds. The first-order chi connectivity index (χ1) is 16.2. The Bertz CT molecular complexity index is 1260. The molecule has 5 rings (SSSR count). The molecular formula is C26H20N2O5. The Balaban J connectivity index is 1.27. The molecule has 0 fully saturated rings. The molecule has 0 spiro atoms. The Morgan fingerprint density at radius 3 is 2.30 bits per heavy atom. The zero-order valence-electron chi connectivity index (χ0n) is 17.6. The zero-order valence-corrected chi connectivity index (χ0v) is 17.6. The Morgan fingerprint density at radius 2 is 1.61 bits per heavy atom. The Kier molecular flexibility index (Phi) is 5.59. The van der Waals surface area contributed by atoms with E-state index in [1.54, 1.807) is 67.1 Å². The summed E-state index contributed by atoms with van der Waals surface area (Å²) in [6.45, 7) is -0.210. The quantitative estimate of drug-likeness (QED) is 0.383. The molecule has 1 unspecified atom stereocenters. The first-order valence-corrected chi connectivity index (χ1v) is 10.5. The molecule has 1 aliphatic rings. The molecule has 3 heterocycles. The van der Waals surface area contributed by atoms with E-state index in [1.807, 2.05) is 24.3 Å². The van der Waals surface area contributed by atoms with Gasteiger partial charge in [0, 0.05) is 17.5 Å². The highest BCUT2D eigenvalue weighted by atomic mass is 16.5. The average Bonchev–Trinajstić information content (AvgIpc) is 3.63. The van der Waals surface area contributed by atoms with E-state index < -0.39 is 0 Å². The molecule has 0 N–H and O–H groups in total. The number of nitrogens with zero attached hydrogens (tertiary/aromatic N) is 2. The fourth-order valence-corrected chi connectivity index (χ4v) is 3.70. The van der Waals surface area contributed by atoms with E-state index in [4.69, 9.17) is 13.6 Å². The minimum Gasteiger partial charge on any atom is -0.484 e. The van der Waals surface area contributed by atoms with Gasteiger partial charge in [-0.1, -0.05) is 30.3 Å². The first-order valence-electron chi connectivity index (χ1n) is 10.5. The van der Waals surface area contributed by atoms with E-state index >= 15 is 0 Å². The number of amides is 1. The van der Waals surface area contributed by atoms with Gasteiger partial charge < -0.3 is 13.6 Å². The van der Waals surface area contributed by atoms with Crippen molar-refractivity contribution in [1.82, 2.24) is 5.01 Å². The molecule has 0 radical (unpaired) electrons. The number of hydrazone groups is 1. The fourth-order valence-electron chi connectivity index (χ4n) is 3.70. The summed E-state index contributed by atoms with van der Waals surface area (Å²) in [5.41, 5.74) is 1.83. The SMILES string of the molecule is O=C(c1ccccc1)c1ccc(OCC(=O)N2N=C(c3ccco3)CC2c2ccco2)cc1. The maximum Gasteiger partial charge on any atom is 0.281 e. The molecule has 2 aromatic carbocycles. The van der Waals surface area contributed by atoms with Crippen molar-refractivity contribution in [3.05, 3.63) is 114 Å². The van der Waals surface area contributed by atoms with Crippen LogP contribution in [-0.4, -0.2) is 29.0 Å². The summed E-state index contributed by atoms with van der Waals surface area (Å²) >= 11 is 0. The second-order valence-electron chi connectivity index (χ2n) is 7.51. The van der Waals surface area contributed by atoms with Crippen LogP contribution < -0.4 is 4.74 Å². The standard InChI is InChI=1S/C26H20N2O5/c29-25(17-33-20-12-10-19(11-13-20)26(30)18-6-2-1-3-7-18)28-22(24-9-5-15-32-24)16-21(27-28)23-8-4-14-31-23/h1-15,22H,16-17H2. The van der Waals surface area contributed by atoms with Gasteiger partial charge in [-0.2, -0.15) is 5.10 Å². The monoisotopic (exact) mass is 440 g/mol. The van der Waals surface area contributed by atoms with Crippen molar-refractivity contribution in [2.45, 2.75) is 12.5 Å². The van der Waals surface area contributed by atoms with E-state index in [-0.39, 0.29) is 24.3 Å². The van der Waals surface area contributed by atoms with Crippen molar-refractivity contribution in [3.63, 3.8) is 0 Å². The summed E-state index contributed by atoms with van der Waals surface area (Å²) in [4.78, 5) is 25.5. The van der Waals surface area contributed by atoms with Gasteiger partial charge in [-0.25, -0.2) is 5.01 Å². The second kappa shape index (κ2) is 9.00. The van der Waals surface area contributed by atoms with E-state index in [1.165, 1.54) is 5.01 Å². The number of ketones is 1. The highest BCUT2D eigenvalue weighted by Gasteiger charge is 2.35. The maximum atomic E-state index is 13.0. The van der Waals surface area contributed by atoms with Gasteiger partial charge in [-0.3, -0.25) is 9.59 Å². The normalized spacial score (nSPS) is 15.3. The lowest BCUT2D eigenvalue weighted by atomic mass is 10.0. The molecule has 0 aliphatic carbocycles. The highest BCUT2D eigenvalue weighted by Crippen LogP contribution is 2.33. The Labute approximate surface area is 189 Å². The van der Waals surface area contributed by atoms with Gasteiger partial charge in [0.05, 0.1) is 12.5 Å². The molecule has 4 aromatic rings. The van der Waals surface area contributed by atoms with Crippen molar-refractivity contribution in [3.8, 4) is 5.75 Å². The van der Waals surface area contributed by atoms with E-state index in [2.05, 4.69) is 5.10 Å². The minimum absolute atomic E-state index is 0.0728. The summed E-state index contributed by atoms with van der Waals surface area (Å²) in [6, 6.07) is 22.6. The molecule has 0 bridgehead atoms. The summed E-state index contributed by atoms with van der Waals surface area (Å²) in [6.07, 6.45) is 3.61. The van der Waals surface area contributed by atoms with E-state index in [0.29, 0.717) is 40.5 Å². The lowest BCUT2D eigenvalue weighted by Gasteiger charge is -2.20. The molecule has 1 aliphatic heterocycles. The molecule has 33 heavy (non-hydrogen) atoms. The third kappa shape index (κ3) is 4.34. The summed E-state index contributed by atoms with van der Waals surface area (Å²) in [7, 11) is 0. The topological polar surface area (TPSA) is 85.3 Å². The third-order valence-corrected chi connectivity index (χ3v) is 5.36. The number of carbonyl (C=O) groups excluding carboxylic acids is 2. The predicted molar refractivity (Wildman–Crippen MR) is 120 cm³/mol. The summed E-state index contributed by atoms with van der Waals surface area (Å²) in [5, 5.41) is 5.85. The van der Waals surface area contributed by atoms with Crippen molar-refractivity contribution < 1.29 is 23.2 Å². The van der Waals surface area contributed by atoms with E-state index in [9.17, 15) is 9.59 Å². The molecule has 164 valence electrons. The van der Waals surface area contributed by atoms with Crippen LogP contribution in [0.15, 0.2) is 105 Å². The van der Waals surface area contributed by atoms with Gasteiger partial charge in [0.25, 0.3) is 5.91 Å². The van der Waals surface area contributed by atoms with Crippen LogP contribution in [0.2, 0.25) is 0 Å². The molecular weight excluding hydrogens is 420 g/mol. The van der Waals surface area contributed by atoms with Gasteiger partial charge in [0.15, 0.2) is 12.4 Å². The van der Waals surface area contributed by atoms with Crippen molar-refractivity contribution in [2.24, 2.45) is 5.10 Å². The van der Waals surface area contributed by atoms with Crippen LogP contribution in [0.3, 0.4) is 0 Å². The van der Waals surface area contributed by atoms with Crippen LogP contribution in [0.1, 0.15) is 39.9 Å². The number of benzene rings is 2. The van der Waals surface area contributed by atoms with Crippen LogP contribution in [0.4, 0.5) is 0 Å². The molecule has 0 saturated carbocycles. The first kappa shape index (κ1) is 20.5. The van der Waals surface area contributed by atoms with Gasteiger partial charge in [0.2, 0.25) is 0 Å². The fraction of sp³-hybridized carbons (Fsp3) is 0.115. The van der Waals surface area contributed by atoms with Gasteiger partial charge in [0.1, 0.15) is 29.0 Å². The second-order valence-corrected chi connectivity index (χ2v) is 7.51. The van der Waals surface area contributed by atoms with Crippen LogP contribution in [0, 0.1) is 0 Å². The number of furan rings is 2. The number of ether oxygens (including phenoxy) is 1. The summed E-state index contributed by atoms with van der Waals surface area (Å²) < 4.78 is 16.7. The molecule has 0 saturated heterocycles. The van der Waals surface area contributed by atoms with Crippen LogP contribution in [-0.2, 0) is 4.79 Å². The van der Waals surface area contributed by atoms with Gasteiger partial charge >= 0.3 is 0 Å². The smallest absolute Gasteiger partial charge is 0.281 e. The van der Waals surface area contributed by atoms with Gasteiger partial charge in [-0.05, 0) is 48.5 Å². The average molecular weight is 440 g/mol. The van der Waals surface area contributed by atoms with Crippen LogP contribution in [0.25, 0.3) is 0 Å². The number of rotatable bonds is 7. The largest absolute Gasteiger partial charge is 0.484 e. The van der Waals surface area contributed by atoms with Crippen LogP contribution in [0.5, 0.6) is 5.75 Å². The lowest BCUT2D eigenvalue weighted by molar-refractivity contribution is -0.135. The van der Waals surface area contributed by atoms with Gasteiger partial charge in [-0.15, -0.1) is 0 Å². The minimum atomic E-state index is -0.373. The number of carbonyl (C=O) groups is 2. The zero-order chi connectivity index (χ0) is 22.6. The molecule has 2 aromatic heterocycles. The molecule has 7 nitrogen and oxygen atoms in total. The third-order valence-electron chi connectivity index (χ3n) is 5.36. The van der Waals surface area contributed by atoms with Crippen molar-refractivity contribution >= 4 is 17.4 Å².